The Bertz CT molecular complexity index is 401. The van der Waals surface area contributed by atoms with E-state index in [4.69, 9.17) is 11.1 Å². The molecule has 1 saturated heterocycles. The van der Waals surface area contributed by atoms with E-state index in [-0.39, 0.29) is 5.41 Å². The Balaban J connectivity index is 1.89. The summed E-state index contributed by atoms with van der Waals surface area (Å²) in [5.74, 6) is 0.332. The first-order valence-corrected chi connectivity index (χ1v) is 6.04. The maximum Gasteiger partial charge on any atom is 0.0966 e. The van der Waals surface area contributed by atoms with Crippen molar-refractivity contribution in [2.45, 2.75) is 26.3 Å². The Kier molecular flexibility index (Phi) is 3.19. The monoisotopic (exact) mass is 235 g/mol. The van der Waals surface area contributed by atoms with Gasteiger partial charge < -0.3 is 5.73 Å². The van der Waals surface area contributed by atoms with E-state index < -0.39 is 0 Å². The molecule has 5 heteroatoms. The van der Waals surface area contributed by atoms with E-state index in [9.17, 15) is 0 Å². The molecule has 17 heavy (non-hydrogen) atoms. The van der Waals surface area contributed by atoms with Gasteiger partial charge in [0.05, 0.1) is 12.0 Å². The molecular formula is C12H21N5. The van der Waals surface area contributed by atoms with Crippen LogP contribution in [0.5, 0.6) is 0 Å². The van der Waals surface area contributed by atoms with Gasteiger partial charge in [-0.05, 0) is 25.9 Å². The smallest absolute Gasteiger partial charge is 0.0966 e. The molecule has 2 rings (SSSR count). The molecule has 0 unspecified atom stereocenters. The number of likely N-dealkylation sites (tertiary alicyclic amines) is 1. The molecule has 1 aliphatic rings. The molecule has 0 atom stereocenters. The van der Waals surface area contributed by atoms with Crippen molar-refractivity contribution in [3.8, 4) is 0 Å². The molecule has 0 bridgehead atoms. The van der Waals surface area contributed by atoms with Gasteiger partial charge in [-0.3, -0.25) is 15.0 Å². The second kappa shape index (κ2) is 4.49. The van der Waals surface area contributed by atoms with Crippen molar-refractivity contribution < 1.29 is 0 Å². The maximum absolute atomic E-state index is 7.62. The first kappa shape index (κ1) is 12.1. The Morgan fingerprint density at radius 1 is 1.53 bits per heavy atom. The molecule has 0 saturated carbocycles. The van der Waals surface area contributed by atoms with Crippen molar-refractivity contribution in [3.05, 3.63) is 18.0 Å². The van der Waals surface area contributed by atoms with E-state index in [0.717, 1.165) is 32.5 Å². The first-order valence-electron chi connectivity index (χ1n) is 6.04. The van der Waals surface area contributed by atoms with Gasteiger partial charge in [0.15, 0.2) is 0 Å². The Labute approximate surface area is 102 Å². The lowest BCUT2D eigenvalue weighted by Gasteiger charge is -2.38. The molecule has 1 fully saturated rings. The van der Waals surface area contributed by atoms with Crippen molar-refractivity contribution in [1.82, 2.24) is 14.7 Å². The minimum Gasteiger partial charge on any atom is -0.387 e. The summed E-state index contributed by atoms with van der Waals surface area (Å²) in [5.41, 5.74) is 6.81. The highest BCUT2D eigenvalue weighted by molar-refractivity contribution is 5.83. The molecule has 0 amide bonds. The third-order valence-electron chi connectivity index (χ3n) is 3.77. The number of rotatable bonds is 3. The Hall–Kier alpha value is -1.36. The number of aromatic nitrogens is 2. The fraction of sp³-hybridized carbons (Fsp3) is 0.667. The Morgan fingerprint density at radius 2 is 2.18 bits per heavy atom. The quantitative estimate of drug-likeness (QED) is 0.605. The summed E-state index contributed by atoms with van der Waals surface area (Å²) in [6.45, 7) is 5.05. The van der Waals surface area contributed by atoms with E-state index in [0.29, 0.717) is 5.84 Å². The summed E-state index contributed by atoms with van der Waals surface area (Å²) in [4.78, 5) is 2.40. The summed E-state index contributed by atoms with van der Waals surface area (Å²) in [6.07, 6.45) is 5.92. The van der Waals surface area contributed by atoms with Crippen LogP contribution in [0.1, 0.15) is 25.3 Å². The second-order valence-corrected chi connectivity index (χ2v) is 5.27. The average Bonchev–Trinajstić information content (AvgIpc) is 2.67. The fourth-order valence-electron chi connectivity index (χ4n) is 2.29. The van der Waals surface area contributed by atoms with Crippen LogP contribution in [-0.4, -0.2) is 33.6 Å². The number of aryl methyl sites for hydroxylation is 1. The predicted octanol–water partition coefficient (Wildman–Crippen LogP) is 0.958. The highest BCUT2D eigenvalue weighted by atomic mass is 15.2. The SMILES string of the molecule is Cn1cc(CN2CCC(C)(C(=N)N)CC2)cn1. The molecule has 3 N–H and O–H groups in total. The van der Waals surface area contributed by atoms with Gasteiger partial charge >= 0.3 is 0 Å². The molecule has 0 radical (unpaired) electrons. The van der Waals surface area contributed by atoms with Gasteiger partial charge in [0.1, 0.15) is 0 Å². The third-order valence-corrected chi connectivity index (χ3v) is 3.77. The molecule has 1 aliphatic heterocycles. The topological polar surface area (TPSA) is 70.9 Å². The molecule has 2 heterocycles. The molecule has 1 aromatic heterocycles. The zero-order chi connectivity index (χ0) is 12.5. The molecule has 0 spiro atoms. The standard InChI is InChI=1S/C12H21N5/c1-12(11(13)14)3-5-17(6-4-12)9-10-7-15-16(2)8-10/h7-8H,3-6,9H2,1-2H3,(H3,13,14). The van der Waals surface area contributed by atoms with Crippen molar-refractivity contribution in [3.63, 3.8) is 0 Å². The molecule has 94 valence electrons. The summed E-state index contributed by atoms with van der Waals surface area (Å²) in [6, 6.07) is 0. The van der Waals surface area contributed by atoms with Gasteiger partial charge in [0.25, 0.3) is 0 Å². The van der Waals surface area contributed by atoms with E-state index in [1.807, 2.05) is 17.9 Å². The van der Waals surface area contributed by atoms with Crippen LogP contribution in [0, 0.1) is 10.8 Å². The van der Waals surface area contributed by atoms with Crippen molar-refractivity contribution in [2.24, 2.45) is 18.2 Å². The van der Waals surface area contributed by atoms with Crippen molar-refractivity contribution >= 4 is 5.84 Å². The molecular weight excluding hydrogens is 214 g/mol. The molecule has 0 aromatic carbocycles. The molecule has 0 aliphatic carbocycles. The van der Waals surface area contributed by atoms with Gasteiger partial charge in [-0.15, -0.1) is 0 Å². The number of hydrogen-bond acceptors (Lipinski definition) is 3. The van der Waals surface area contributed by atoms with Gasteiger partial charge in [0.2, 0.25) is 0 Å². The molecule has 5 nitrogen and oxygen atoms in total. The second-order valence-electron chi connectivity index (χ2n) is 5.27. The van der Waals surface area contributed by atoms with E-state index >= 15 is 0 Å². The van der Waals surface area contributed by atoms with Crippen LogP contribution in [0.25, 0.3) is 0 Å². The summed E-state index contributed by atoms with van der Waals surface area (Å²) >= 11 is 0. The van der Waals surface area contributed by atoms with Crippen molar-refractivity contribution in [1.29, 1.82) is 5.41 Å². The van der Waals surface area contributed by atoms with Crippen LogP contribution in [0.3, 0.4) is 0 Å². The number of nitrogens with zero attached hydrogens (tertiary/aromatic N) is 3. The number of amidine groups is 1. The maximum atomic E-state index is 7.62. The highest BCUT2D eigenvalue weighted by Gasteiger charge is 2.32. The number of piperidine rings is 1. The van der Waals surface area contributed by atoms with Crippen LogP contribution in [0.15, 0.2) is 12.4 Å². The van der Waals surface area contributed by atoms with E-state index in [1.54, 1.807) is 0 Å². The Morgan fingerprint density at radius 3 is 2.65 bits per heavy atom. The lowest BCUT2D eigenvalue weighted by molar-refractivity contribution is 0.156. The number of nitrogens with two attached hydrogens (primary N) is 1. The zero-order valence-corrected chi connectivity index (χ0v) is 10.6. The lowest BCUT2D eigenvalue weighted by atomic mass is 9.79. The highest BCUT2D eigenvalue weighted by Crippen LogP contribution is 2.30. The third kappa shape index (κ3) is 2.66. The van der Waals surface area contributed by atoms with Gasteiger partial charge in [-0.2, -0.15) is 5.10 Å². The van der Waals surface area contributed by atoms with Crippen LogP contribution in [0.4, 0.5) is 0 Å². The minimum absolute atomic E-state index is 0.0918. The van der Waals surface area contributed by atoms with Crippen LogP contribution < -0.4 is 5.73 Å². The normalized spacial score (nSPS) is 20.4. The summed E-state index contributed by atoms with van der Waals surface area (Å²) < 4.78 is 1.83. The average molecular weight is 235 g/mol. The minimum atomic E-state index is -0.0918. The molecule has 1 aromatic rings. The van der Waals surface area contributed by atoms with E-state index in [2.05, 4.69) is 23.1 Å². The number of hydrogen-bond donors (Lipinski definition) is 2. The van der Waals surface area contributed by atoms with Gasteiger partial charge in [0, 0.05) is 30.8 Å². The lowest BCUT2D eigenvalue weighted by Crippen LogP contribution is -2.44. The van der Waals surface area contributed by atoms with Crippen LogP contribution in [0.2, 0.25) is 0 Å². The summed E-state index contributed by atoms with van der Waals surface area (Å²) in [5, 5.41) is 11.8. The fourth-order valence-corrected chi connectivity index (χ4v) is 2.29. The largest absolute Gasteiger partial charge is 0.387 e. The first-order chi connectivity index (χ1) is 7.99. The predicted molar refractivity (Wildman–Crippen MR) is 67.7 cm³/mol. The van der Waals surface area contributed by atoms with Gasteiger partial charge in [-0.25, -0.2) is 0 Å². The van der Waals surface area contributed by atoms with Crippen LogP contribution >= 0.6 is 0 Å². The van der Waals surface area contributed by atoms with Gasteiger partial charge in [-0.1, -0.05) is 6.92 Å². The number of nitrogens with one attached hydrogen (secondary N) is 1. The van der Waals surface area contributed by atoms with Crippen LogP contribution in [-0.2, 0) is 13.6 Å². The van der Waals surface area contributed by atoms with Crippen molar-refractivity contribution in [2.75, 3.05) is 13.1 Å². The zero-order valence-electron chi connectivity index (χ0n) is 10.6. The summed E-state index contributed by atoms with van der Waals surface area (Å²) in [7, 11) is 1.94. The van der Waals surface area contributed by atoms with E-state index in [1.165, 1.54) is 5.56 Å².